The summed E-state index contributed by atoms with van der Waals surface area (Å²) in [5.74, 6) is -11.7. The summed E-state index contributed by atoms with van der Waals surface area (Å²) in [7, 11) is 9.58. The van der Waals surface area contributed by atoms with E-state index in [9.17, 15) is 58.2 Å². The Kier molecular flexibility index (Phi) is 34.0. The average Bonchev–Trinajstić information content (AvgIpc) is 3.59. The van der Waals surface area contributed by atoms with E-state index in [1.54, 1.807) is 60.6 Å². The van der Waals surface area contributed by atoms with E-state index in [-0.39, 0.29) is 69.3 Å². The molecule has 1 saturated heterocycles. The predicted octanol–water partition coefficient (Wildman–Crippen LogP) is 2.49. The van der Waals surface area contributed by atoms with Gasteiger partial charge < -0.3 is 70.5 Å². The van der Waals surface area contributed by atoms with Gasteiger partial charge in [-0.05, 0) is 102 Å². The van der Waals surface area contributed by atoms with Gasteiger partial charge >= 0.3 is 5.97 Å². The number of allylic oxidation sites excluding steroid dienone is 2. The molecule has 26 nitrogen and oxygen atoms in total. The number of nitrogens with zero attached hydrogens (tertiary/aromatic N) is 7. The highest BCUT2D eigenvalue weighted by Gasteiger charge is 2.46. The molecule has 0 bridgehead atoms. The Balaban J connectivity index is 4.39. The third-order valence-corrected chi connectivity index (χ3v) is 16.7. The molecule has 0 aromatic rings. The first-order valence-electron chi connectivity index (χ1n) is 31.8. The molecule has 0 unspecified atom stereocenters. The van der Waals surface area contributed by atoms with Gasteiger partial charge in [0.2, 0.25) is 65.0 Å². The van der Waals surface area contributed by atoms with Gasteiger partial charge in [-0.25, -0.2) is 0 Å². The van der Waals surface area contributed by atoms with E-state index >= 15 is 9.59 Å². The van der Waals surface area contributed by atoms with Crippen molar-refractivity contribution >= 4 is 70.9 Å². The van der Waals surface area contributed by atoms with Crippen molar-refractivity contribution in [2.75, 3.05) is 62.5 Å². The Bertz CT molecular complexity index is 2490. The Morgan fingerprint density at radius 3 is 1.49 bits per heavy atom. The van der Waals surface area contributed by atoms with Crippen LogP contribution in [-0.2, 0) is 62.3 Å². The van der Waals surface area contributed by atoms with Gasteiger partial charge in [0.15, 0.2) is 0 Å². The summed E-state index contributed by atoms with van der Waals surface area (Å²) in [6.45, 7) is 26.4. The third-order valence-electron chi connectivity index (χ3n) is 16.7. The van der Waals surface area contributed by atoms with E-state index in [1.807, 2.05) is 41.5 Å². The first-order chi connectivity index (χ1) is 41.6. The minimum atomic E-state index is -1.66. The summed E-state index contributed by atoms with van der Waals surface area (Å²) >= 11 is 0. The van der Waals surface area contributed by atoms with Gasteiger partial charge in [0, 0.05) is 62.4 Å². The lowest BCUT2D eigenvalue weighted by Crippen LogP contribution is -2.63. The van der Waals surface area contributed by atoms with Crippen LogP contribution in [-0.4, -0.2) is 251 Å². The molecular weight excluding hydrogens is 1160 g/mol. The maximum atomic E-state index is 15.2. The lowest BCUT2D eigenvalue weighted by molar-refractivity contribution is -0.157. The molecule has 90 heavy (non-hydrogen) atoms. The average molecular weight is 1280 g/mol. The molecule has 1 fully saturated rings. The van der Waals surface area contributed by atoms with Crippen LogP contribution < -0.4 is 21.3 Å². The van der Waals surface area contributed by atoms with Gasteiger partial charge in [0.05, 0.1) is 18.8 Å². The van der Waals surface area contributed by atoms with Gasteiger partial charge in [0.25, 0.3) is 0 Å². The van der Waals surface area contributed by atoms with E-state index in [4.69, 9.17) is 4.74 Å². The van der Waals surface area contributed by atoms with Crippen LogP contribution in [0.25, 0.3) is 0 Å². The number of amides is 11. The maximum absolute atomic E-state index is 15.2. The van der Waals surface area contributed by atoms with Crippen molar-refractivity contribution in [2.45, 2.75) is 228 Å². The normalized spacial score (nSPS) is 26.3. The molecule has 13 atom stereocenters. The van der Waals surface area contributed by atoms with Crippen LogP contribution in [0.4, 0.5) is 0 Å². The molecule has 0 saturated carbocycles. The molecule has 0 spiro atoms. The lowest BCUT2D eigenvalue weighted by Gasteiger charge is -2.41. The Morgan fingerprint density at radius 1 is 0.544 bits per heavy atom. The zero-order chi connectivity index (χ0) is 69.7. The fraction of sp³-hybridized carbons (Fsp3) is 0.781. The topological polar surface area (TPSA) is 325 Å². The fourth-order valence-corrected chi connectivity index (χ4v) is 11.1. The highest BCUT2D eigenvalue weighted by atomic mass is 16.5. The molecular formula is C64H113N11O15. The van der Waals surface area contributed by atoms with Crippen LogP contribution in [0.15, 0.2) is 12.2 Å². The molecule has 1 heterocycles. The fourth-order valence-electron chi connectivity index (χ4n) is 11.1. The van der Waals surface area contributed by atoms with Gasteiger partial charge in [-0.1, -0.05) is 95.2 Å². The highest BCUT2D eigenvalue weighted by Crippen LogP contribution is 2.26. The number of carboxylic acid groups (broad SMARTS) is 1. The van der Waals surface area contributed by atoms with Gasteiger partial charge in [-0.3, -0.25) is 57.5 Å². The minimum absolute atomic E-state index is 0.0388. The van der Waals surface area contributed by atoms with Crippen molar-refractivity contribution < 1.29 is 72.5 Å². The second kappa shape index (κ2) is 37.6. The number of ether oxygens (including phenoxy) is 1. The Morgan fingerprint density at radius 2 is 1.01 bits per heavy atom. The zero-order valence-corrected chi connectivity index (χ0v) is 58.2. The number of carbonyl (C=O) groups is 12. The highest BCUT2D eigenvalue weighted by molar-refractivity contribution is 5.99. The zero-order valence-electron chi connectivity index (χ0n) is 58.2. The van der Waals surface area contributed by atoms with E-state index in [2.05, 4.69) is 21.3 Å². The van der Waals surface area contributed by atoms with Crippen LogP contribution in [0, 0.1) is 35.5 Å². The molecule has 26 heteroatoms. The molecule has 514 valence electrons. The van der Waals surface area contributed by atoms with E-state index in [1.165, 1.54) is 89.7 Å². The van der Waals surface area contributed by atoms with Gasteiger partial charge in [-0.15, -0.1) is 0 Å². The smallest absolute Gasteiger partial charge is 0.303 e. The number of carbonyl (C=O) groups excluding carboxylic acids is 11. The number of hydrogen-bond acceptors (Lipinski definition) is 14. The number of hydrogen-bond donors (Lipinski definition) is 6. The number of likely N-dealkylation sites (N-methyl/N-ethyl adjacent to an activating group) is 7. The number of carboxylic acids is 1. The molecule has 1 rings (SSSR count). The number of nitrogens with one attached hydrogen (secondary N) is 4. The molecule has 6 N–H and O–H groups in total. The summed E-state index contributed by atoms with van der Waals surface area (Å²) in [5, 5.41) is 32.2. The second-order valence-corrected chi connectivity index (χ2v) is 26.5. The predicted molar refractivity (Wildman–Crippen MR) is 341 cm³/mol. The maximum Gasteiger partial charge on any atom is 0.303 e. The van der Waals surface area contributed by atoms with Crippen molar-refractivity contribution in [3.8, 4) is 0 Å². The van der Waals surface area contributed by atoms with Crippen LogP contribution in [0.5, 0.6) is 0 Å². The van der Waals surface area contributed by atoms with Crippen molar-refractivity contribution in [2.24, 2.45) is 35.5 Å². The summed E-state index contributed by atoms with van der Waals surface area (Å²) in [6, 6.07) is -13.2. The summed E-state index contributed by atoms with van der Waals surface area (Å²) in [6.07, 6.45) is 1.23. The van der Waals surface area contributed by atoms with Gasteiger partial charge in [0.1, 0.15) is 60.4 Å². The molecule has 11 amide bonds. The monoisotopic (exact) mass is 1280 g/mol. The molecule has 0 radical (unpaired) electrons. The van der Waals surface area contributed by atoms with E-state index < -0.39 is 168 Å². The van der Waals surface area contributed by atoms with Crippen LogP contribution >= 0.6 is 0 Å². The first kappa shape index (κ1) is 81.3. The quantitative estimate of drug-likeness (QED) is 0.0800. The Hall–Kier alpha value is -6.70. The molecule has 0 aliphatic carbocycles. The van der Waals surface area contributed by atoms with Gasteiger partial charge in [-0.2, -0.15) is 0 Å². The molecule has 1 aliphatic rings. The summed E-state index contributed by atoms with van der Waals surface area (Å²) < 4.78 is 5.96. The van der Waals surface area contributed by atoms with Crippen molar-refractivity contribution in [3.05, 3.63) is 12.2 Å². The Labute approximate surface area is 535 Å². The second-order valence-electron chi connectivity index (χ2n) is 26.5. The number of aliphatic carboxylic acids is 1. The molecule has 1 aliphatic heterocycles. The van der Waals surface area contributed by atoms with Crippen LogP contribution in [0.2, 0.25) is 0 Å². The van der Waals surface area contributed by atoms with Crippen molar-refractivity contribution in [1.82, 2.24) is 55.6 Å². The largest absolute Gasteiger partial charge is 0.481 e. The van der Waals surface area contributed by atoms with Crippen LogP contribution in [0.3, 0.4) is 0 Å². The van der Waals surface area contributed by atoms with Crippen LogP contribution in [0.1, 0.15) is 156 Å². The van der Waals surface area contributed by atoms with Crippen molar-refractivity contribution in [1.29, 1.82) is 0 Å². The lowest BCUT2D eigenvalue weighted by atomic mass is 9.91. The number of aliphatic hydroxyl groups excluding tert-OH is 1. The summed E-state index contributed by atoms with van der Waals surface area (Å²) in [4.78, 5) is 181. The van der Waals surface area contributed by atoms with E-state index in [0.717, 1.165) is 14.7 Å². The van der Waals surface area contributed by atoms with E-state index in [0.29, 0.717) is 0 Å². The third kappa shape index (κ3) is 23.2. The number of aliphatic hydroxyl groups is 1. The minimum Gasteiger partial charge on any atom is -0.481 e. The number of rotatable bonds is 19. The standard InChI is InChI=1S/C64H113N11O15/c1-24-26-28-40(13)54(79)53-58(83)67-44(25-2)60(85)69(17)34-48(76)73(21)52(43(16)90-30-27-29-49(77)78)57(82)68-50(38(9)10)63(88)70(18)45(31-35(3)4)56(81)65-41(14)55(80)66-42(15)59(84)71(19)46(32-36(5)6)61(86)72(20)47(33-37(7)8)62(87)74(22)51(39(11)12)64(89)75(53)23/h24,26,35-47,50-54,79H,25,27-34H2,1-23H3,(H,65,81)(H,66,80)(H,67,83)(H,68,82)(H,77,78)/b26-24+/t40-,41+,42+,43-,44+,45-,46+,47-,50+,51+,52+,53+,54-/m1/s1. The SMILES string of the molecule is C/C=C/C[C@@H](C)[C@@H](O)[C@H]1C(=O)N[C@@H](CC)C(=O)N(C)CC(=O)N(C)[C@@H]([C@@H](C)OCCCC(=O)O)C(=O)N[C@@H](C(C)C)C(=O)N(C)[C@H](CC(C)C)C(=O)N[C@@H](C)C(=O)N[C@@H](C)C(=O)N(C)[C@@H](CC(C)C)C(=O)N(C)[C@H](CC(C)C)C(=O)N(C)[C@@H](C(C)C)C(=O)N1C. The summed E-state index contributed by atoms with van der Waals surface area (Å²) in [5.41, 5.74) is 0. The first-order valence-corrected chi connectivity index (χ1v) is 31.8. The molecule has 0 aromatic carbocycles. The van der Waals surface area contributed by atoms with Crippen molar-refractivity contribution in [3.63, 3.8) is 0 Å². The molecule has 0 aromatic heterocycles.